The van der Waals surface area contributed by atoms with Gasteiger partial charge in [-0.25, -0.2) is 14.6 Å². The number of hydrogen-bond acceptors (Lipinski definition) is 11. The molecule has 0 aliphatic carbocycles. The second-order valence-electron chi connectivity index (χ2n) is 19.6. The van der Waals surface area contributed by atoms with Crippen molar-refractivity contribution in [2.24, 2.45) is 23.5 Å². The van der Waals surface area contributed by atoms with Crippen molar-refractivity contribution in [2.75, 3.05) is 38.0 Å². The summed E-state index contributed by atoms with van der Waals surface area (Å²) in [5.41, 5.74) is 9.29. The lowest BCUT2D eigenvalue weighted by molar-refractivity contribution is -0.138. The number of ether oxygens (including phenoxy) is 1. The number of imide groups is 1. The van der Waals surface area contributed by atoms with Crippen molar-refractivity contribution in [2.45, 2.75) is 119 Å². The Kier molecular flexibility index (Phi) is 24.3. The highest BCUT2D eigenvalue weighted by Crippen LogP contribution is 2.32. The number of alkyl carbamates (subject to hydrolysis) is 1. The number of rotatable bonds is 26. The van der Waals surface area contributed by atoms with Crippen LogP contribution < -0.4 is 37.9 Å². The van der Waals surface area contributed by atoms with E-state index in [0.29, 0.717) is 73.3 Å². The average molecular weight is 1050 g/mol. The number of unbranched alkanes of at least 4 members (excludes halogenated alkanes) is 2. The largest absolute Gasteiger partial charge is 0.445 e. The van der Waals surface area contributed by atoms with E-state index in [1.165, 1.54) is 12.2 Å². The van der Waals surface area contributed by atoms with E-state index in [1.54, 1.807) is 65.7 Å². The molecule has 0 bridgehead atoms. The fourth-order valence-electron chi connectivity index (χ4n) is 8.34. The van der Waals surface area contributed by atoms with Gasteiger partial charge in [0.1, 0.15) is 18.3 Å². The summed E-state index contributed by atoms with van der Waals surface area (Å²) in [7, 11) is 0. The van der Waals surface area contributed by atoms with Crippen LogP contribution >= 0.6 is 0 Å². The van der Waals surface area contributed by atoms with Gasteiger partial charge in [0.2, 0.25) is 23.6 Å². The molecule has 3 heterocycles. The molecule has 1 aliphatic rings. The molecule has 1 aliphatic heterocycles. The molecule has 76 heavy (non-hydrogen) atoms. The van der Waals surface area contributed by atoms with Gasteiger partial charge in [0, 0.05) is 74.5 Å². The highest BCUT2D eigenvalue weighted by Gasteiger charge is 2.33. The van der Waals surface area contributed by atoms with Crippen LogP contribution in [0.2, 0.25) is 0 Å². The molecule has 2 atom stereocenters. The van der Waals surface area contributed by atoms with E-state index in [1.807, 2.05) is 71.9 Å². The summed E-state index contributed by atoms with van der Waals surface area (Å²) in [6.07, 6.45) is 7.08. The Bertz CT molecular complexity index is 2720. The average Bonchev–Trinajstić information content (AvgIpc) is 3.70. The van der Waals surface area contributed by atoms with Crippen LogP contribution in [-0.4, -0.2) is 106 Å². The molecule has 410 valence electrons. The Hall–Kier alpha value is -7.90. The summed E-state index contributed by atoms with van der Waals surface area (Å²) in [6, 6.07) is 18.2. The molecule has 20 heteroatoms. The molecule has 2 aromatic carbocycles. The van der Waals surface area contributed by atoms with E-state index < -0.39 is 36.0 Å². The molecule has 5 rings (SSSR count). The number of hydrogen-bond donors (Lipinski definition) is 6. The summed E-state index contributed by atoms with van der Waals surface area (Å²) in [4.78, 5) is 120. The number of carbonyl (C=O) groups is 8. The number of nitrogens with one attached hydrogen (secondary N) is 5. The van der Waals surface area contributed by atoms with Gasteiger partial charge in [-0.2, -0.15) is 0 Å². The summed E-state index contributed by atoms with van der Waals surface area (Å²) in [5, 5.41) is 13.2. The molecule has 2 unspecified atom stereocenters. The number of pyridine rings is 1. The lowest BCUT2D eigenvalue weighted by Gasteiger charge is -2.36. The summed E-state index contributed by atoms with van der Waals surface area (Å²) in [5.74, 6) is -2.76. The van der Waals surface area contributed by atoms with Crippen LogP contribution in [0.3, 0.4) is 0 Å². The Labute approximate surface area is 445 Å². The number of aryl methyl sites for hydroxylation is 1. The van der Waals surface area contributed by atoms with E-state index in [9.17, 15) is 43.2 Å². The normalized spacial score (nSPS) is 12.8. The second-order valence-corrected chi connectivity index (χ2v) is 19.6. The molecule has 4 aromatic rings. The van der Waals surface area contributed by atoms with Crippen molar-refractivity contribution < 1.29 is 43.1 Å². The Morgan fingerprint density at radius 1 is 0.763 bits per heavy atom. The van der Waals surface area contributed by atoms with E-state index in [0.717, 1.165) is 22.4 Å². The predicted octanol–water partition coefficient (Wildman–Crippen LogP) is 5.84. The van der Waals surface area contributed by atoms with Crippen molar-refractivity contribution in [1.29, 1.82) is 0 Å². The fourth-order valence-corrected chi connectivity index (χ4v) is 8.34. The topological polar surface area (TPSA) is 273 Å². The molecule has 9 amide bonds. The Morgan fingerprint density at radius 3 is 2.09 bits per heavy atom. The Morgan fingerprint density at radius 2 is 1.47 bits per heavy atom. The summed E-state index contributed by atoms with van der Waals surface area (Å²) < 4.78 is 7.00. The van der Waals surface area contributed by atoms with Crippen molar-refractivity contribution in [3.63, 3.8) is 0 Å². The zero-order valence-corrected chi connectivity index (χ0v) is 45.1. The van der Waals surface area contributed by atoms with Crippen LogP contribution in [-0.2, 0) is 46.5 Å². The number of nitrogens with two attached hydrogens (primary N) is 1. The zero-order chi connectivity index (χ0) is 55.9. The molecule has 7 N–H and O–H groups in total. The molecule has 0 saturated carbocycles. The van der Waals surface area contributed by atoms with Crippen molar-refractivity contribution >= 4 is 58.9 Å². The first-order valence-electron chi connectivity index (χ1n) is 26.0. The molecule has 0 saturated heterocycles. The van der Waals surface area contributed by atoms with Crippen LogP contribution in [0, 0.1) is 24.7 Å². The van der Waals surface area contributed by atoms with Crippen LogP contribution in [0.4, 0.5) is 15.3 Å². The van der Waals surface area contributed by atoms with E-state index in [2.05, 4.69) is 26.6 Å². The summed E-state index contributed by atoms with van der Waals surface area (Å²) in [6.45, 7) is 16.3. The monoisotopic (exact) mass is 1050 g/mol. The third-order valence-corrected chi connectivity index (χ3v) is 12.2. The van der Waals surface area contributed by atoms with Gasteiger partial charge in [0.25, 0.3) is 17.4 Å². The minimum Gasteiger partial charge on any atom is -0.445 e. The second kappa shape index (κ2) is 30.5. The van der Waals surface area contributed by atoms with Crippen molar-refractivity contribution in [3.05, 3.63) is 123 Å². The number of amides is 9. The van der Waals surface area contributed by atoms with Gasteiger partial charge in [-0.3, -0.25) is 42.9 Å². The van der Waals surface area contributed by atoms with E-state index >= 15 is 0 Å². The standard InChI is InChI=1S/C52H66N8O9.C4H10N2O/c1-33(2)46(57-42(61)18-9-8-11-27-59-44(63)23-24-45(59)64)49(65)54-31-43(62)55-39-21-19-37(20-22-39)32-69-52(68)53-25-14-28-60(50(66)35(5)6)48(34(3)4)47-40(30-38-16-13-15-36(7)29-38)51(67)58-26-12-10-17-41(58)56-47;1-2-3-6-4(5)7/h10,12-13,15-17,19-24,26,29,33-35,46,48H,8-9,11,14,18,25,27-28,30-32H2,1-7H3,(H,53,68)(H,54,65)(H,55,62)(H,57,61);2-3H2,1H3,(H3,5,6,7). The smallest absolute Gasteiger partial charge is 0.407 e. The number of carbonyl (C=O) groups excluding carboxylic acids is 8. The van der Waals surface area contributed by atoms with Gasteiger partial charge < -0.3 is 42.0 Å². The van der Waals surface area contributed by atoms with Crippen LogP contribution in [0.5, 0.6) is 0 Å². The van der Waals surface area contributed by atoms with E-state index in [-0.39, 0.29) is 79.6 Å². The third-order valence-electron chi connectivity index (χ3n) is 12.2. The van der Waals surface area contributed by atoms with Crippen LogP contribution in [0.1, 0.15) is 121 Å². The van der Waals surface area contributed by atoms with Crippen LogP contribution in [0.15, 0.2) is 89.9 Å². The first kappa shape index (κ1) is 60.7. The number of primary amides is 1. The molecule has 0 radical (unpaired) electrons. The lowest BCUT2D eigenvalue weighted by atomic mass is 9.91. The van der Waals surface area contributed by atoms with Gasteiger partial charge in [0.15, 0.2) is 0 Å². The maximum absolute atomic E-state index is 14.1. The van der Waals surface area contributed by atoms with E-state index in [4.69, 9.17) is 15.5 Å². The van der Waals surface area contributed by atoms with Gasteiger partial charge >= 0.3 is 12.1 Å². The Balaban J connectivity index is 0.00000166. The number of fused-ring (bicyclic) bond motifs is 1. The minimum atomic E-state index is -0.857. The molecular formula is C56H76N10O10. The van der Waals surface area contributed by atoms with Crippen molar-refractivity contribution in [1.82, 2.24) is 40.5 Å². The molecule has 20 nitrogen and oxygen atoms in total. The lowest BCUT2D eigenvalue weighted by Crippen LogP contribution is -2.51. The highest BCUT2D eigenvalue weighted by molar-refractivity contribution is 6.12. The number of anilines is 1. The number of aromatic nitrogens is 2. The number of urea groups is 1. The maximum atomic E-state index is 14.1. The van der Waals surface area contributed by atoms with Crippen LogP contribution in [0.25, 0.3) is 5.65 Å². The van der Waals surface area contributed by atoms with Gasteiger partial charge in [-0.1, -0.05) is 103 Å². The maximum Gasteiger partial charge on any atom is 0.407 e. The summed E-state index contributed by atoms with van der Waals surface area (Å²) >= 11 is 0. The first-order chi connectivity index (χ1) is 36.2. The predicted molar refractivity (Wildman–Crippen MR) is 289 cm³/mol. The zero-order valence-electron chi connectivity index (χ0n) is 45.1. The SMILES string of the molecule is CCCNC(N)=O.Cc1cccc(Cc2c(C(C(C)C)N(CCCNC(=O)OCc3ccc(NC(=O)CNC(=O)C(NC(=O)CCCCCN4C(=O)C=CC4=O)C(C)C)cc3)C(=O)C(C)C)nc3ccccn3c2=O)c1. The quantitative estimate of drug-likeness (QED) is 0.0321. The van der Waals surface area contributed by atoms with Gasteiger partial charge in [0.05, 0.1) is 18.3 Å². The molecule has 0 fully saturated rings. The molecular weight excluding hydrogens is 973 g/mol. The molecule has 2 aromatic heterocycles. The van der Waals surface area contributed by atoms with Gasteiger partial charge in [-0.15, -0.1) is 0 Å². The number of benzene rings is 2. The first-order valence-corrected chi connectivity index (χ1v) is 26.0. The fraction of sp³-hybridized carbons (Fsp3) is 0.464. The highest BCUT2D eigenvalue weighted by atomic mass is 16.5. The number of nitrogens with zero attached hydrogens (tertiary/aromatic N) is 4. The molecule has 0 spiro atoms. The van der Waals surface area contributed by atoms with Crippen molar-refractivity contribution in [3.8, 4) is 0 Å². The third kappa shape index (κ3) is 19.1. The van der Waals surface area contributed by atoms with Gasteiger partial charge in [-0.05, 0) is 79.8 Å². The minimum absolute atomic E-state index is 0.0446.